The van der Waals surface area contributed by atoms with Crippen LogP contribution >= 0.6 is 0 Å². The molecule has 1 saturated carbocycles. The predicted molar refractivity (Wildman–Crippen MR) is 80.8 cm³/mol. The van der Waals surface area contributed by atoms with Gasteiger partial charge in [-0.15, -0.1) is 0 Å². The SMILES string of the molecule is CCCNC(C)C(c1nc(C2CC2(C)C)no1)C(C)C. The van der Waals surface area contributed by atoms with Gasteiger partial charge in [0, 0.05) is 12.0 Å². The van der Waals surface area contributed by atoms with Crippen molar-refractivity contribution >= 4 is 0 Å². The first-order valence-electron chi connectivity index (χ1n) is 7.93. The van der Waals surface area contributed by atoms with Crippen molar-refractivity contribution in [1.82, 2.24) is 15.5 Å². The van der Waals surface area contributed by atoms with E-state index in [4.69, 9.17) is 9.51 Å². The molecule has 3 unspecified atom stereocenters. The standard InChI is InChI=1S/C16H29N3O/c1-7-8-17-11(4)13(10(2)3)15-18-14(19-20-15)12-9-16(12,5)6/h10-13,17H,7-9H2,1-6H3. The summed E-state index contributed by atoms with van der Waals surface area (Å²) < 4.78 is 5.58. The minimum atomic E-state index is 0.282. The van der Waals surface area contributed by atoms with Gasteiger partial charge in [-0.3, -0.25) is 0 Å². The first-order chi connectivity index (χ1) is 9.36. The topological polar surface area (TPSA) is 51.0 Å². The third kappa shape index (κ3) is 3.22. The Bertz CT molecular complexity index is 439. The lowest BCUT2D eigenvalue weighted by molar-refractivity contribution is 0.278. The van der Waals surface area contributed by atoms with Crippen molar-refractivity contribution in [2.24, 2.45) is 11.3 Å². The van der Waals surface area contributed by atoms with E-state index in [9.17, 15) is 0 Å². The van der Waals surface area contributed by atoms with Gasteiger partial charge in [0.25, 0.3) is 0 Å². The Kier molecular flexibility index (Phi) is 4.52. The second-order valence-corrected chi connectivity index (χ2v) is 7.25. The van der Waals surface area contributed by atoms with E-state index >= 15 is 0 Å². The van der Waals surface area contributed by atoms with Crippen molar-refractivity contribution in [2.45, 2.75) is 72.3 Å². The van der Waals surface area contributed by atoms with E-state index in [2.05, 4.69) is 52.0 Å². The molecule has 114 valence electrons. The monoisotopic (exact) mass is 279 g/mol. The van der Waals surface area contributed by atoms with Gasteiger partial charge in [0.1, 0.15) is 0 Å². The van der Waals surface area contributed by atoms with Gasteiger partial charge in [0.05, 0.1) is 5.92 Å². The van der Waals surface area contributed by atoms with Crippen LogP contribution in [0.15, 0.2) is 4.52 Å². The highest BCUT2D eigenvalue weighted by atomic mass is 16.5. The molecule has 0 aliphatic heterocycles. The molecule has 4 heteroatoms. The highest BCUT2D eigenvalue weighted by Crippen LogP contribution is 2.57. The van der Waals surface area contributed by atoms with Gasteiger partial charge in [-0.1, -0.05) is 39.8 Å². The summed E-state index contributed by atoms with van der Waals surface area (Å²) in [6, 6.07) is 0.357. The normalized spacial score (nSPS) is 23.9. The molecule has 1 heterocycles. The third-order valence-electron chi connectivity index (χ3n) is 4.54. The Balaban J connectivity index is 2.10. The van der Waals surface area contributed by atoms with Crippen LogP contribution in [0.3, 0.4) is 0 Å². The average molecular weight is 279 g/mol. The molecule has 0 aromatic carbocycles. The van der Waals surface area contributed by atoms with Gasteiger partial charge >= 0.3 is 0 Å². The van der Waals surface area contributed by atoms with Crippen LogP contribution < -0.4 is 5.32 Å². The molecule has 0 bridgehead atoms. The molecular weight excluding hydrogens is 250 g/mol. The molecule has 2 rings (SSSR count). The molecule has 3 atom stereocenters. The number of nitrogens with zero attached hydrogens (tertiary/aromatic N) is 2. The van der Waals surface area contributed by atoms with Crippen molar-refractivity contribution in [3.05, 3.63) is 11.7 Å². The van der Waals surface area contributed by atoms with Gasteiger partial charge in [-0.25, -0.2) is 0 Å². The van der Waals surface area contributed by atoms with Gasteiger partial charge < -0.3 is 9.84 Å². The van der Waals surface area contributed by atoms with Crippen LogP contribution in [0.4, 0.5) is 0 Å². The zero-order valence-electron chi connectivity index (χ0n) is 13.7. The maximum atomic E-state index is 5.58. The molecule has 1 fully saturated rings. The molecule has 1 N–H and O–H groups in total. The van der Waals surface area contributed by atoms with Crippen molar-refractivity contribution in [1.29, 1.82) is 0 Å². The molecule has 20 heavy (non-hydrogen) atoms. The smallest absolute Gasteiger partial charge is 0.231 e. The van der Waals surface area contributed by atoms with Crippen LogP contribution in [-0.4, -0.2) is 22.7 Å². The Hall–Kier alpha value is -0.900. The van der Waals surface area contributed by atoms with Crippen molar-refractivity contribution < 1.29 is 4.52 Å². The summed E-state index contributed by atoms with van der Waals surface area (Å²) in [5.41, 5.74) is 0.348. The molecule has 0 saturated heterocycles. The number of hydrogen-bond acceptors (Lipinski definition) is 4. The van der Waals surface area contributed by atoms with Crippen molar-refractivity contribution in [3.63, 3.8) is 0 Å². The van der Waals surface area contributed by atoms with Crippen LogP contribution in [0, 0.1) is 11.3 Å². The van der Waals surface area contributed by atoms with Crippen LogP contribution in [0.1, 0.15) is 77.9 Å². The summed E-state index contributed by atoms with van der Waals surface area (Å²) in [5.74, 6) is 2.94. The quantitative estimate of drug-likeness (QED) is 0.826. The van der Waals surface area contributed by atoms with Crippen LogP contribution in [0.25, 0.3) is 0 Å². The fourth-order valence-corrected chi connectivity index (χ4v) is 3.01. The minimum absolute atomic E-state index is 0.282. The maximum Gasteiger partial charge on any atom is 0.231 e. The third-order valence-corrected chi connectivity index (χ3v) is 4.54. The van der Waals surface area contributed by atoms with E-state index in [-0.39, 0.29) is 5.92 Å². The second-order valence-electron chi connectivity index (χ2n) is 7.25. The lowest BCUT2D eigenvalue weighted by Gasteiger charge is -2.25. The molecule has 1 aromatic rings. The molecule has 1 aliphatic rings. The minimum Gasteiger partial charge on any atom is -0.339 e. The number of nitrogens with one attached hydrogen (secondary N) is 1. The van der Waals surface area contributed by atoms with E-state index in [0.717, 1.165) is 24.7 Å². The molecule has 1 aliphatic carbocycles. The fraction of sp³-hybridized carbons (Fsp3) is 0.875. The Morgan fingerprint density at radius 3 is 2.50 bits per heavy atom. The van der Waals surface area contributed by atoms with E-state index in [0.29, 0.717) is 23.3 Å². The second kappa shape index (κ2) is 5.84. The summed E-state index contributed by atoms with van der Waals surface area (Å²) >= 11 is 0. The van der Waals surface area contributed by atoms with Crippen LogP contribution in [-0.2, 0) is 0 Å². The zero-order valence-corrected chi connectivity index (χ0v) is 13.7. The van der Waals surface area contributed by atoms with E-state index < -0.39 is 0 Å². The Labute approximate surface area is 122 Å². The molecular formula is C16H29N3O. The van der Waals surface area contributed by atoms with Gasteiger partial charge in [-0.05, 0) is 37.6 Å². The van der Waals surface area contributed by atoms with Crippen molar-refractivity contribution in [3.8, 4) is 0 Å². The Morgan fingerprint density at radius 1 is 1.35 bits per heavy atom. The number of aromatic nitrogens is 2. The highest BCUT2D eigenvalue weighted by Gasteiger charge is 2.49. The molecule has 1 aromatic heterocycles. The van der Waals surface area contributed by atoms with Gasteiger partial charge in [-0.2, -0.15) is 4.98 Å². The summed E-state index contributed by atoms with van der Waals surface area (Å²) in [6.45, 7) is 14.4. The molecule has 0 spiro atoms. The van der Waals surface area contributed by atoms with Gasteiger partial charge in [0.2, 0.25) is 5.89 Å². The first-order valence-corrected chi connectivity index (χ1v) is 7.93. The van der Waals surface area contributed by atoms with E-state index in [1.54, 1.807) is 0 Å². The van der Waals surface area contributed by atoms with Crippen molar-refractivity contribution in [2.75, 3.05) is 6.54 Å². The first kappa shape index (κ1) is 15.5. The largest absolute Gasteiger partial charge is 0.339 e. The number of hydrogen-bond donors (Lipinski definition) is 1. The maximum absolute atomic E-state index is 5.58. The molecule has 4 nitrogen and oxygen atoms in total. The van der Waals surface area contributed by atoms with Crippen LogP contribution in [0.5, 0.6) is 0 Å². The van der Waals surface area contributed by atoms with E-state index in [1.807, 2.05) is 0 Å². The van der Waals surface area contributed by atoms with Crippen LogP contribution in [0.2, 0.25) is 0 Å². The summed E-state index contributed by atoms with van der Waals surface area (Å²) in [6.07, 6.45) is 2.31. The highest BCUT2D eigenvalue weighted by molar-refractivity contribution is 5.15. The summed E-state index contributed by atoms with van der Waals surface area (Å²) in [4.78, 5) is 4.70. The van der Waals surface area contributed by atoms with Gasteiger partial charge in [0.15, 0.2) is 5.82 Å². The molecule has 0 radical (unpaired) electrons. The summed E-state index contributed by atoms with van der Waals surface area (Å²) in [7, 11) is 0. The predicted octanol–water partition coefficient (Wildman–Crippen LogP) is 3.71. The lowest BCUT2D eigenvalue weighted by atomic mass is 9.89. The molecule has 0 amide bonds. The fourth-order valence-electron chi connectivity index (χ4n) is 3.01. The average Bonchev–Trinajstić information content (AvgIpc) is 2.79. The Morgan fingerprint density at radius 2 is 2.00 bits per heavy atom. The van der Waals surface area contributed by atoms with E-state index in [1.165, 1.54) is 6.42 Å². The lowest BCUT2D eigenvalue weighted by Crippen LogP contribution is -2.35. The zero-order chi connectivity index (χ0) is 14.9. The number of rotatable bonds is 7. The summed E-state index contributed by atoms with van der Waals surface area (Å²) in [5, 5.41) is 7.78.